The lowest BCUT2D eigenvalue weighted by Gasteiger charge is -2.39. The first-order chi connectivity index (χ1) is 15.9. The van der Waals surface area contributed by atoms with E-state index >= 15 is 0 Å². The minimum atomic E-state index is -0.660. The van der Waals surface area contributed by atoms with Crippen LogP contribution in [-0.2, 0) is 9.47 Å². The van der Waals surface area contributed by atoms with Gasteiger partial charge in [-0.2, -0.15) is 0 Å². The number of amides is 2. The highest BCUT2D eigenvalue weighted by Crippen LogP contribution is 2.47. The van der Waals surface area contributed by atoms with Crippen LogP contribution in [-0.4, -0.2) is 51.2 Å². The van der Waals surface area contributed by atoms with Crippen molar-refractivity contribution >= 4 is 18.1 Å². The molecular weight excluding hydrogens is 430 g/mol. The van der Waals surface area contributed by atoms with Gasteiger partial charge in [-0.3, -0.25) is 0 Å². The Hall–Kier alpha value is -2.05. The third kappa shape index (κ3) is 5.95. The van der Waals surface area contributed by atoms with E-state index in [9.17, 15) is 9.59 Å². The molecule has 0 bridgehead atoms. The van der Waals surface area contributed by atoms with E-state index in [2.05, 4.69) is 16.0 Å². The first-order valence-corrected chi connectivity index (χ1v) is 13.3. The molecular formula is C27H43N3O4. The van der Waals surface area contributed by atoms with Crippen LogP contribution in [0.4, 0.5) is 9.59 Å². The third-order valence-electron chi connectivity index (χ3n) is 7.12. The van der Waals surface area contributed by atoms with Crippen molar-refractivity contribution in [2.75, 3.05) is 0 Å². The second-order valence-corrected chi connectivity index (χ2v) is 12.5. The van der Waals surface area contributed by atoms with Gasteiger partial charge in [-0.15, -0.1) is 4.99 Å². The molecule has 1 aliphatic heterocycles. The number of carbonyl (C=O) groups excluding carboxylic acids is 2. The SMILES string of the molecule is CC(C)(C)OC(=O)/N=C1\N(C(=O)OC(C)(C)C)/C(=C\CC2CCCC2)C(C2CC2)N1C1CCC1. The maximum atomic E-state index is 13.6. The molecule has 0 spiro atoms. The van der Waals surface area contributed by atoms with Gasteiger partial charge in [-0.25, -0.2) is 14.5 Å². The van der Waals surface area contributed by atoms with E-state index in [1.807, 2.05) is 41.5 Å². The molecule has 1 saturated heterocycles. The van der Waals surface area contributed by atoms with Gasteiger partial charge in [-0.05, 0) is 91.9 Å². The van der Waals surface area contributed by atoms with Crippen LogP contribution in [0.25, 0.3) is 0 Å². The third-order valence-corrected chi connectivity index (χ3v) is 7.12. The number of hydrogen-bond donors (Lipinski definition) is 0. The van der Waals surface area contributed by atoms with Crippen molar-refractivity contribution in [1.29, 1.82) is 0 Å². The van der Waals surface area contributed by atoms with Gasteiger partial charge < -0.3 is 14.4 Å². The first kappa shape index (κ1) is 25.1. The average Bonchev–Trinajstić information content (AvgIpc) is 3.24. The molecule has 0 radical (unpaired) electrons. The summed E-state index contributed by atoms with van der Waals surface area (Å²) in [5.41, 5.74) is -0.351. The predicted molar refractivity (Wildman–Crippen MR) is 132 cm³/mol. The summed E-state index contributed by atoms with van der Waals surface area (Å²) in [4.78, 5) is 34.8. The summed E-state index contributed by atoms with van der Waals surface area (Å²) in [5.74, 6) is 1.53. The van der Waals surface area contributed by atoms with Crippen LogP contribution in [0.5, 0.6) is 0 Å². The highest BCUT2D eigenvalue weighted by molar-refractivity contribution is 6.03. The fourth-order valence-electron chi connectivity index (χ4n) is 5.28. The maximum Gasteiger partial charge on any atom is 0.437 e. The normalized spacial score (nSPS) is 26.9. The zero-order chi connectivity index (χ0) is 24.7. The van der Waals surface area contributed by atoms with E-state index in [1.54, 1.807) is 4.90 Å². The number of ether oxygens (including phenoxy) is 2. The van der Waals surface area contributed by atoms with Gasteiger partial charge in [0.2, 0.25) is 5.96 Å². The topological polar surface area (TPSA) is 71.4 Å². The Morgan fingerprint density at radius 1 is 0.912 bits per heavy atom. The summed E-state index contributed by atoms with van der Waals surface area (Å²) >= 11 is 0. The van der Waals surface area contributed by atoms with E-state index < -0.39 is 23.4 Å². The molecule has 1 atom stereocenters. The smallest absolute Gasteiger partial charge is 0.437 e. The molecule has 2 amide bonds. The molecule has 0 aromatic heterocycles. The molecule has 4 fully saturated rings. The maximum absolute atomic E-state index is 13.6. The summed E-state index contributed by atoms with van der Waals surface area (Å²) in [6.45, 7) is 11.1. The number of carbonyl (C=O) groups is 2. The van der Waals surface area contributed by atoms with Gasteiger partial charge in [0.1, 0.15) is 11.2 Å². The number of aliphatic imine (C=N–C) groups is 1. The summed E-state index contributed by atoms with van der Waals surface area (Å²) in [6, 6.07) is 0.356. The number of guanidine groups is 1. The van der Waals surface area contributed by atoms with Crippen LogP contribution in [0, 0.1) is 11.8 Å². The summed E-state index contributed by atoms with van der Waals surface area (Å²) in [5, 5.41) is 0. The Labute approximate surface area is 204 Å². The van der Waals surface area contributed by atoms with E-state index in [-0.39, 0.29) is 12.1 Å². The quantitative estimate of drug-likeness (QED) is 0.458. The summed E-state index contributed by atoms with van der Waals surface area (Å²) in [7, 11) is 0. The van der Waals surface area contributed by atoms with Crippen LogP contribution < -0.4 is 0 Å². The minimum Gasteiger partial charge on any atom is -0.443 e. The average molecular weight is 474 g/mol. The van der Waals surface area contributed by atoms with Crippen molar-refractivity contribution < 1.29 is 19.1 Å². The Balaban J connectivity index is 1.75. The van der Waals surface area contributed by atoms with Gasteiger partial charge in [0.05, 0.1) is 11.7 Å². The molecule has 0 aromatic carbocycles. The highest BCUT2D eigenvalue weighted by atomic mass is 16.6. The van der Waals surface area contributed by atoms with E-state index in [0.29, 0.717) is 17.8 Å². The zero-order valence-electron chi connectivity index (χ0n) is 21.9. The van der Waals surface area contributed by atoms with Crippen LogP contribution in [0.3, 0.4) is 0 Å². The molecule has 1 heterocycles. The monoisotopic (exact) mass is 473 g/mol. The van der Waals surface area contributed by atoms with Crippen molar-refractivity contribution in [3.63, 3.8) is 0 Å². The van der Waals surface area contributed by atoms with Gasteiger partial charge in [0.25, 0.3) is 0 Å². The van der Waals surface area contributed by atoms with Crippen molar-refractivity contribution in [2.45, 2.75) is 129 Å². The van der Waals surface area contributed by atoms with Crippen LogP contribution >= 0.6 is 0 Å². The van der Waals surface area contributed by atoms with Gasteiger partial charge in [0.15, 0.2) is 0 Å². The number of nitrogens with zero attached hydrogens (tertiary/aromatic N) is 3. The van der Waals surface area contributed by atoms with Crippen molar-refractivity contribution in [3.8, 4) is 0 Å². The molecule has 4 rings (SSSR count). The largest absolute Gasteiger partial charge is 0.443 e. The second-order valence-electron chi connectivity index (χ2n) is 12.5. The number of rotatable bonds is 4. The van der Waals surface area contributed by atoms with E-state index in [4.69, 9.17) is 9.47 Å². The van der Waals surface area contributed by atoms with Gasteiger partial charge >= 0.3 is 12.2 Å². The van der Waals surface area contributed by atoms with E-state index in [1.165, 1.54) is 25.7 Å². The Kier molecular flexibility index (Phi) is 7.03. The van der Waals surface area contributed by atoms with Crippen LogP contribution in [0.1, 0.15) is 106 Å². The molecule has 1 unspecified atom stereocenters. The van der Waals surface area contributed by atoms with Crippen molar-refractivity contribution in [1.82, 2.24) is 9.80 Å². The molecule has 7 nitrogen and oxygen atoms in total. The zero-order valence-corrected chi connectivity index (χ0v) is 21.9. The Morgan fingerprint density at radius 3 is 2.03 bits per heavy atom. The summed E-state index contributed by atoms with van der Waals surface area (Å²) < 4.78 is 11.4. The summed E-state index contributed by atoms with van der Waals surface area (Å²) in [6.07, 6.45) is 12.7. The lowest BCUT2D eigenvalue weighted by molar-refractivity contribution is 0.0411. The molecule has 34 heavy (non-hydrogen) atoms. The van der Waals surface area contributed by atoms with Crippen molar-refractivity contribution in [2.24, 2.45) is 16.8 Å². The standard InChI is InChI=1S/C27H43N3O4/c1-26(2,3)33-24(31)28-23-29(20-12-9-13-20)22(19-15-16-19)21(17-14-18-10-7-8-11-18)30(23)25(32)34-27(4,5)6/h17-20,22H,7-16H2,1-6H3/b21-17-,28-23-. The molecule has 190 valence electrons. The number of hydrogen-bond acceptors (Lipinski definition) is 4. The van der Waals surface area contributed by atoms with Crippen molar-refractivity contribution in [3.05, 3.63) is 11.8 Å². The van der Waals surface area contributed by atoms with Gasteiger partial charge in [0, 0.05) is 6.04 Å². The predicted octanol–water partition coefficient (Wildman–Crippen LogP) is 6.63. The fraction of sp³-hybridized carbons (Fsp3) is 0.815. The molecule has 0 aromatic rings. The highest BCUT2D eigenvalue weighted by Gasteiger charge is 2.53. The first-order valence-electron chi connectivity index (χ1n) is 13.3. The lowest BCUT2D eigenvalue weighted by atomic mass is 9.89. The molecule has 3 aliphatic carbocycles. The number of allylic oxidation sites excluding steroid dienone is 1. The van der Waals surface area contributed by atoms with Gasteiger partial charge in [-0.1, -0.05) is 31.8 Å². The minimum absolute atomic E-state index is 0.0698. The Bertz CT molecular complexity index is 837. The molecule has 3 saturated carbocycles. The lowest BCUT2D eigenvalue weighted by Crippen LogP contribution is -2.49. The molecule has 7 heteroatoms. The van der Waals surface area contributed by atoms with Crippen LogP contribution in [0.15, 0.2) is 16.8 Å². The van der Waals surface area contributed by atoms with Crippen LogP contribution in [0.2, 0.25) is 0 Å². The Morgan fingerprint density at radius 2 is 1.53 bits per heavy atom. The fourth-order valence-corrected chi connectivity index (χ4v) is 5.28. The second kappa shape index (κ2) is 9.54. The molecule has 4 aliphatic rings. The van der Waals surface area contributed by atoms with E-state index in [0.717, 1.165) is 44.2 Å². The molecule has 0 N–H and O–H groups in total.